The predicted molar refractivity (Wildman–Crippen MR) is 92.5 cm³/mol. The van der Waals surface area contributed by atoms with Gasteiger partial charge in [0, 0.05) is 26.8 Å². The first-order valence-corrected chi connectivity index (χ1v) is 8.46. The van der Waals surface area contributed by atoms with Crippen LogP contribution in [0.4, 0.5) is 0 Å². The summed E-state index contributed by atoms with van der Waals surface area (Å²) in [6.07, 6.45) is -2.79. The van der Waals surface area contributed by atoms with Crippen LogP contribution in [0.5, 0.6) is 0 Å². The van der Waals surface area contributed by atoms with Crippen LogP contribution in [0.15, 0.2) is 24.3 Å². The first kappa shape index (κ1) is 23.3. The van der Waals surface area contributed by atoms with E-state index in [4.69, 9.17) is 18.9 Å². The van der Waals surface area contributed by atoms with E-state index >= 15 is 0 Å². The van der Waals surface area contributed by atoms with Crippen molar-refractivity contribution in [3.05, 3.63) is 24.3 Å². The lowest BCUT2D eigenvalue weighted by molar-refractivity contribution is -0.168. The first-order valence-electron chi connectivity index (χ1n) is 8.46. The summed E-state index contributed by atoms with van der Waals surface area (Å²) in [7, 11) is 0. The van der Waals surface area contributed by atoms with Gasteiger partial charge in [-0.2, -0.15) is 0 Å². The van der Waals surface area contributed by atoms with Gasteiger partial charge in [0.15, 0.2) is 12.2 Å². The number of ether oxygens (including phenoxy) is 4. The Morgan fingerprint density at radius 1 is 1.07 bits per heavy atom. The summed E-state index contributed by atoms with van der Waals surface area (Å²) >= 11 is 0. The number of hydrogen-bond donors (Lipinski definition) is 2. The number of rotatable bonds is 8. The molecular weight excluding hydrogens is 376 g/mol. The molecule has 0 radical (unpaired) electrons. The maximum absolute atomic E-state index is 11.5. The molecule has 0 unspecified atom stereocenters. The SMILES string of the molecule is CC(=O)O[C@@H](C)[C@H](O)[C@@H](/C=C/[C@@H](O)[C@@H]1OC(=O)C=C[C@@H]1OC(C)=O)OC(C)=O. The molecule has 0 saturated carbocycles. The summed E-state index contributed by atoms with van der Waals surface area (Å²) in [5.74, 6) is -2.73. The summed E-state index contributed by atoms with van der Waals surface area (Å²) < 4.78 is 19.8. The molecular formula is C18H24O10. The number of cyclic esters (lactones) is 1. The fourth-order valence-corrected chi connectivity index (χ4v) is 2.43. The summed E-state index contributed by atoms with van der Waals surface area (Å²) in [6.45, 7) is 4.83. The number of aliphatic hydroxyl groups is 2. The molecule has 0 aromatic carbocycles. The van der Waals surface area contributed by atoms with Crippen LogP contribution in [0.25, 0.3) is 0 Å². The summed E-state index contributed by atoms with van der Waals surface area (Å²) in [5.41, 5.74) is 0. The van der Waals surface area contributed by atoms with Crippen LogP contribution in [0.3, 0.4) is 0 Å². The Hall–Kier alpha value is -2.72. The van der Waals surface area contributed by atoms with Gasteiger partial charge in [0.1, 0.15) is 24.4 Å². The Labute approximate surface area is 161 Å². The minimum absolute atomic E-state index is 0.637. The molecule has 1 heterocycles. The molecule has 0 aliphatic carbocycles. The molecule has 0 bridgehead atoms. The van der Waals surface area contributed by atoms with Gasteiger partial charge < -0.3 is 29.2 Å². The van der Waals surface area contributed by atoms with Crippen molar-refractivity contribution in [1.29, 1.82) is 0 Å². The van der Waals surface area contributed by atoms with Crippen molar-refractivity contribution < 1.29 is 48.3 Å². The van der Waals surface area contributed by atoms with E-state index < -0.39 is 60.5 Å². The molecule has 0 aromatic heterocycles. The molecule has 0 spiro atoms. The van der Waals surface area contributed by atoms with Gasteiger partial charge in [0.25, 0.3) is 0 Å². The summed E-state index contributed by atoms with van der Waals surface area (Å²) in [6, 6.07) is 0. The van der Waals surface area contributed by atoms with E-state index in [1.54, 1.807) is 0 Å². The highest BCUT2D eigenvalue weighted by molar-refractivity contribution is 5.83. The lowest BCUT2D eigenvalue weighted by Gasteiger charge is -2.29. The molecule has 10 heteroatoms. The van der Waals surface area contributed by atoms with Crippen LogP contribution < -0.4 is 0 Å². The predicted octanol–water partition coefficient (Wildman–Crippen LogP) is -0.439. The normalized spacial score (nSPS) is 23.3. The Morgan fingerprint density at radius 3 is 2.21 bits per heavy atom. The van der Waals surface area contributed by atoms with Crippen LogP contribution in [-0.2, 0) is 38.1 Å². The summed E-state index contributed by atoms with van der Waals surface area (Å²) in [4.78, 5) is 45.0. The molecule has 0 fully saturated rings. The van der Waals surface area contributed by atoms with E-state index in [1.165, 1.54) is 13.0 Å². The maximum Gasteiger partial charge on any atom is 0.331 e. The molecule has 0 amide bonds. The molecule has 0 saturated heterocycles. The zero-order valence-corrected chi connectivity index (χ0v) is 15.9. The third kappa shape index (κ3) is 7.49. The topological polar surface area (TPSA) is 146 Å². The average Bonchev–Trinajstić information content (AvgIpc) is 2.57. The molecule has 2 N–H and O–H groups in total. The van der Waals surface area contributed by atoms with Crippen molar-refractivity contribution in [2.24, 2.45) is 0 Å². The molecule has 1 rings (SSSR count). The number of carbonyl (C=O) groups excluding carboxylic acids is 4. The molecule has 156 valence electrons. The molecule has 28 heavy (non-hydrogen) atoms. The van der Waals surface area contributed by atoms with Crippen LogP contribution in [0, 0.1) is 0 Å². The highest BCUT2D eigenvalue weighted by Crippen LogP contribution is 2.18. The molecule has 1 aliphatic rings. The van der Waals surface area contributed by atoms with Gasteiger partial charge in [-0.3, -0.25) is 14.4 Å². The standard InChI is InChI=1S/C18H24O10/c1-9(25-10(2)19)17(24)14(26-11(3)20)6-5-13(22)18-15(27-12(4)21)7-8-16(23)28-18/h5-9,13-15,17-18,22,24H,1-4H3/b6-5+/t9-,13+,14+,15-,17-,18-/m0/s1. The smallest absolute Gasteiger partial charge is 0.331 e. The van der Waals surface area contributed by atoms with Crippen LogP contribution >= 0.6 is 0 Å². The van der Waals surface area contributed by atoms with Gasteiger partial charge in [-0.15, -0.1) is 0 Å². The highest BCUT2D eigenvalue weighted by atomic mass is 16.6. The van der Waals surface area contributed by atoms with Gasteiger partial charge in [-0.1, -0.05) is 6.08 Å². The fraction of sp³-hybridized carbons (Fsp3) is 0.556. The number of esters is 4. The highest BCUT2D eigenvalue weighted by Gasteiger charge is 2.35. The van der Waals surface area contributed by atoms with E-state index in [0.717, 1.165) is 39.0 Å². The third-order valence-electron chi connectivity index (χ3n) is 3.61. The van der Waals surface area contributed by atoms with Crippen molar-refractivity contribution in [1.82, 2.24) is 0 Å². The zero-order valence-electron chi connectivity index (χ0n) is 15.9. The van der Waals surface area contributed by atoms with E-state index in [1.807, 2.05) is 0 Å². The Morgan fingerprint density at radius 2 is 1.68 bits per heavy atom. The molecule has 10 nitrogen and oxygen atoms in total. The van der Waals surface area contributed by atoms with Gasteiger partial charge in [0.05, 0.1) is 0 Å². The van der Waals surface area contributed by atoms with Gasteiger partial charge in [0.2, 0.25) is 0 Å². The van der Waals surface area contributed by atoms with E-state index in [0.29, 0.717) is 0 Å². The minimum atomic E-state index is -1.45. The van der Waals surface area contributed by atoms with Crippen LogP contribution in [-0.4, -0.2) is 70.7 Å². The quantitative estimate of drug-likeness (QED) is 0.312. The third-order valence-corrected chi connectivity index (χ3v) is 3.61. The van der Waals surface area contributed by atoms with Crippen molar-refractivity contribution >= 4 is 23.9 Å². The largest absolute Gasteiger partial charge is 0.460 e. The number of aliphatic hydroxyl groups excluding tert-OH is 2. The number of carbonyl (C=O) groups is 4. The molecule has 6 atom stereocenters. The van der Waals surface area contributed by atoms with Crippen molar-refractivity contribution in [3.8, 4) is 0 Å². The van der Waals surface area contributed by atoms with Gasteiger partial charge in [-0.25, -0.2) is 4.79 Å². The minimum Gasteiger partial charge on any atom is -0.460 e. The van der Waals surface area contributed by atoms with Crippen molar-refractivity contribution in [3.63, 3.8) is 0 Å². The monoisotopic (exact) mass is 400 g/mol. The lowest BCUT2D eigenvalue weighted by Crippen LogP contribution is -2.44. The lowest BCUT2D eigenvalue weighted by atomic mass is 10.0. The second-order valence-corrected chi connectivity index (χ2v) is 6.09. The van der Waals surface area contributed by atoms with E-state index in [9.17, 15) is 29.4 Å². The van der Waals surface area contributed by atoms with Crippen LogP contribution in [0.2, 0.25) is 0 Å². The van der Waals surface area contributed by atoms with E-state index in [2.05, 4.69) is 0 Å². The second kappa shape index (κ2) is 10.6. The first-order chi connectivity index (χ1) is 13.0. The van der Waals surface area contributed by atoms with Crippen molar-refractivity contribution in [2.45, 2.75) is 64.3 Å². The average molecular weight is 400 g/mol. The Balaban J connectivity index is 2.94. The van der Waals surface area contributed by atoms with Crippen molar-refractivity contribution in [2.75, 3.05) is 0 Å². The molecule has 1 aliphatic heterocycles. The zero-order chi connectivity index (χ0) is 21.4. The second-order valence-electron chi connectivity index (χ2n) is 6.09. The fourth-order valence-electron chi connectivity index (χ4n) is 2.43. The van der Waals surface area contributed by atoms with Gasteiger partial charge >= 0.3 is 23.9 Å². The Bertz CT molecular complexity index is 653. The maximum atomic E-state index is 11.5. The Kier molecular flexibility index (Phi) is 8.80. The van der Waals surface area contributed by atoms with Crippen LogP contribution in [0.1, 0.15) is 27.7 Å². The summed E-state index contributed by atoms with van der Waals surface area (Å²) in [5, 5.41) is 20.6. The van der Waals surface area contributed by atoms with Gasteiger partial charge in [-0.05, 0) is 19.1 Å². The molecule has 0 aromatic rings. The number of hydrogen-bond acceptors (Lipinski definition) is 10. The van der Waals surface area contributed by atoms with E-state index in [-0.39, 0.29) is 0 Å².